The first-order valence-electron chi connectivity index (χ1n) is 17.3. The van der Waals surface area contributed by atoms with Crippen LogP contribution in [0.5, 0.6) is 0 Å². The van der Waals surface area contributed by atoms with Gasteiger partial charge in [0.05, 0.1) is 19.5 Å². The molecule has 1 unspecified atom stereocenters. The second-order valence-electron chi connectivity index (χ2n) is 16.0. The summed E-state index contributed by atoms with van der Waals surface area (Å²) in [5, 5.41) is 3.79. The molecule has 1 aromatic carbocycles. The number of rotatable bonds is 7. The van der Waals surface area contributed by atoms with Gasteiger partial charge in [0.25, 0.3) is 11.6 Å². The van der Waals surface area contributed by atoms with Crippen molar-refractivity contribution in [3.05, 3.63) is 34.9 Å². The van der Waals surface area contributed by atoms with Gasteiger partial charge in [0.15, 0.2) is 0 Å². The van der Waals surface area contributed by atoms with Gasteiger partial charge in [0.2, 0.25) is 0 Å². The molecule has 250 valence electrons. The molecule has 5 atom stereocenters. The maximum Gasteiger partial charge on any atom is 0.320 e. The maximum atomic E-state index is 15.4. The molecule has 8 nitrogen and oxygen atoms in total. The summed E-state index contributed by atoms with van der Waals surface area (Å²) in [6.45, 7) is 15.9. The molecule has 1 N–H and O–H groups in total. The van der Waals surface area contributed by atoms with E-state index in [1.165, 1.54) is 0 Å². The predicted molar refractivity (Wildman–Crippen MR) is 178 cm³/mol. The van der Waals surface area contributed by atoms with Crippen molar-refractivity contribution < 1.29 is 23.6 Å². The van der Waals surface area contributed by atoms with Crippen molar-refractivity contribution in [1.82, 2.24) is 15.1 Å². The molecular weight excluding hydrogens is 588 g/mol. The Balaban J connectivity index is 1.62. The molecular formula is C36H56ClN4O4+. The number of nitrogens with zero attached hydrogens (tertiary/aromatic N) is 3. The van der Waals surface area contributed by atoms with Crippen LogP contribution in [0.1, 0.15) is 104 Å². The third-order valence-electron chi connectivity index (χ3n) is 11.5. The minimum absolute atomic E-state index is 0.0470. The van der Waals surface area contributed by atoms with E-state index in [9.17, 15) is 9.59 Å². The van der Waals surface area contributed by atoms with E-state index >= 15 is 4.79 Å². The van der Waals surface area contributed by atoms with E-state index in [1.54, 1.807) is 0 Å². The summed E-state index contributed by atoms with van der Waals surface area (Å²) in [6.07, 6.45) is 5.63. The molecule has 0 radical (unpaired) electrons. The summed E-state index contributed by atoms with van der Waals surface area (Å²) in [5.74, 6) is -0.656. The Labute approximate surface area is 275 Å². The average Bonchev–Trinajstić information content (AvgIpc) is 3.74. The number of nitrogens with one attached hydrogen (secondary N) is 1. The van der Waals surface area contributed by atoms with E-state index in [0.717, 1.165) is 44.2 Å². The molecule has 3 amide bonds. The monoisotopic (exact) mass is 643 g/mol. The van der Waals surface area contributed by atoms with Crippen LogP contribution in [-0.4, -0.2) is 95.2 Å². The molecule has 5 rings (SSSR count). The lowest BCUT2D eigenvalue weighted by Gasteiger charge is -2.53. The van der Waals surface area contributed by atoms with Gasteiger partial charge in [0, 0.05) is 61.6 Å². The molecule has 3 saturated heterocycles. The molecule has 9 heteroatoms. The highest BCUT2D eigenvalue weighted by atomic mass is 35.5. The van der Waals surface area contributed by atoms with Gasteiger partial charge in [-0.05, 0) is 89.3 Å². The summed E-state index contributed by atoms with van der Waals surface area (Å²) in [6, 6.07) is 7.75. The molecule has 1 aromatic rings. The zero-order valence-corrected chi connectivity index (χ0v) is 29.4. The maximum absolute atomic E-state index is 15.4. The highest BCUT2D eigenvalue weighted by Gasteiger charge is 2.69. The lowest BCUT2D eigenvalue weighted by molar-refractivity contribution is -0.878. The van der Waals surface area contributed by atoms with E-state index in [0.29, 0.717) is 50.5 Å². The number of likely N-dealkylation sites (tertiary alicyclic amines) is 2. The largest absolute Gasteiger partial charge is 0.368 e. The third-order valence-corrected chi connectivity index (χ3v) is 11.8. The van der Waals surface area contributed by atoms with Gasteiger partial charge in [-0.3, -0.25) is 19.4 Å². The zero-order chi connectivity index (χ0) is 32.8. The van der Waals surface area contributed by atoms with E-state index < -0.39 is 11.8 Å². The Morgan fingerprint density at radius 2 is 1.71 bits per heavy atom. The van der Waals surface area contributed by atoms with Gasteiger partial charge < -0.3 is 10.1 Å². The van der Waals surface area contributed by atoms with Crippen molar-refractivity contribution in [3.63, 3.8) is 0 Å². The van der Waals surface area contributed by atoms with Crippen molar-refractivity contribution in [1.29, 1.82) is 0 Å². The fourth-order valence-corrected chi connectivity index (χ4v) is 8.85. The lowest BCUT2D eigenvalue weighted by Crippen LogP contribution is -2.78. The van der Waals surface area contributed by atoms with Crippen LogP contribution in [-0.2, 0) is 19.1 Å². The molecule has 4 fully saturated rings. The Hall–Kier alpha value is -2.00. The van der Waals surface area contributed by atoms with Crippen LogP contribution in [0.25, 0.3) is 0 Å². The highest BCUT2D eigenvalue weighted by Crippen LogP contribution is 2.49. The molecule has 45 heavy (non-hydrogen) atoms. The molecule has 0 spiro atoms. The Morgan fingerprint density at radius 1 is 1.04 bits per heavy atom. The van der Waals surface area contributed by atoms with Crippen LogP contribution in [0.3, 0.4) is 0 Å². The quantitative estimate of drug-likeness (QED) is 0.384. The number of amides is 3. The van der Waals surface area contributed by atoms with Crippen LogP contribution >= 0.6 is 11.6 Å². The molecule has 0 bridgehead atoms. The van der Waals surface area contributed by atoms with Crippen LogP contribution < -0.4 is 5.32 Å². The molecule has 0 aromatic heterocycles. The zero-order valence-electron chi connectivity index (χ0n) is 28.7. The molecule has 1 saturated carbocycles. The number of quaternary nitrogens is 1. The van der Waals surface area contributed by atoms with Gasteiger partial charge >= 0.3 is 11.8 Å². The minimum atomic E-state index is -1.33. The topological polar surface area (TPSA) is 79.0 Å². The fourth-order valence-electron chi connectivity index (χ4n) is 8.72. The molecule has 4 aliphatic rings. The number of benzene rings is 1. The van der Waals surface area contributed by atoms with Crippen molar-refractivity contribution in [3.8, 4) is 0 Å². The lowest BCUT2D eigenvalue weighted by atomic mass is 9.74. The predicted octanol–water partition coefficient (Wildman–Crippen LogP) is 5.73. The van der Waals surface area contributed by atoms with Crippen LogP contribution in [0, 0.1) is 11.3 Å². The number of hydrogen-bond donors (Lipinski definition) is 1. The van der Waals surface area contributed by atoms with Crippen LogP contribution in [0.15, 0.2) is 24.3 Å². The van der Waals surface area contributed by atoms with Crippen molar-refractivity contribution in [2.24, 2.45) is 11.3 Å². The van der Waals surface area contributed by atoms with Crippen LogP contribution in [0.2, 0.25) is 5.02 Å². The van der Waals surface area contributed by atoms with Gasteiger partial charge in [-0.2, -0.15) is 0 Å². The highest BCUT2D eigenvalue weighted by molar-refractivity contribution is 6.30. The molecule has 3 aliphatic heterocycles. The van der Waals surface area contributed by atoms with Crippen LogP contribution in [0.4, 0.5) is 0 Å². The summed E-state index contributed by atoms with van der Waals surface area (Å²) in [4.78, 5) is 49.2. The van der Waals surface area contributed by atoms with E-state index in [-0.39, 0.29) is 51.0 Å². The van der Waals surface area contributed by atoms with Gasteiger partial charge in [-0.25, -0.2) is 9.28 Å². The Bertz CT molecular complexity index is 1250. The number of halogens is 1. The summed E-state index contributed by atoms with van der Waals surface area (Å²) < 4.78 is 5.91. The Kier molecular flexibility index (Phi) is 9.84. The average molecular weight is 644 g/mol. The first-order valence-corrected chi connectivity index (χ1v) is 17.7. The second-order valence-corrected chi connectivity index (χ2v) is 16.4. The van der Waals surface area contributed by atoms with E-state index in [2.05, 4.69) is 44.8 Å². The number of carbonyl (C=O) groups is 3. The summed E-state index contributed by atoms with van der Waals surface area (Å²) in [5.41, 5.74) is -0.192. The summed E-state index contributed by atoms with van der Waals surface area (Å²) >= 11 is 6.28. The third kappa shape index (κ3) is 6.33. The molecule has 3 heterocycles. The number of carbonyl (C=O) groups excluding carboxylic acids is 3. The van der Waals surface area contributed by atoms with Crippen molar-refractivity contribution in [2.45, 2.75) is 122 Å². The fraction of sp³-hybridized carbons (Fsp3) is 0.750. The smallest absolute Gasteiger partial charge is 0.320 e. The van der Waals surface area contributed by atoms with Gasteiger partial charge in [0.1, 0.15) is 6.10 Å². The van der Waals surface area contributed by atoms with Gasteiger partial charge in [-0.1, -0.05) is 37.6 Å². The van der Waals surface area contributed by atoms with E-state index in [4.69, 9.17) is 16.3 Å². The minimum Gasteiger partial charge on any atom is -0.368 e. The number of ether oxygens (including phenoxy) is 1. The standard InChI is InChI=1S/C36H55ClN4O4/c1-8-38-33(44)36(40(31(42)30-11-9-22-45-30)27-16-19-35(5,6)20-17-27)18-10-21-41(36,7)32(43)29-24-39(34(2,3)4)23-28(29)25-12-14-26(37)15-13-25/h12-15,27-30H,8-11,16-24H2,1-7H3/p+1/t28-,29+,30+,36-,41?/m0/s1. The van der Waals surface area contributed by atoms with E-state index in [1.807, 2.05) is 43.1 Å². The SMILES string of the molecule is CCNC(=O)[C@]1(N(C(=O)[C@H]2CCCO2)C2CCC(C)(C)CC2)CCC[N+]1(C)C(=O)[C@@H]1CN(C(C)(C)C)C[C@H]1c1ccc(Cl)cc1. The number of hydrogen-bond acceptors (Lipinski definition) is 5. The van der Waals surface area contributed by atoms with Gasteiger partial charge in [-0.15, -0.1) is 0 Å². The summed E-state index contributed by atoms with van der Waals surface area (Å²) in [7, 11) is 1.95. The van der Waals surface area contributed by atoms with Crippen molar-refractivity contribution >= 4 is 29.3 Å². The first kappa shape index (κ1) is 34.3. The molecule has 1 aliphatic carbocycles. The normalized spacial score (nSPS) is 32.5. The Morgan fingerprint density at radius 3 is 2.29 bits per heavy atom. The number of likely N-dealkylation sites (N-methyl/N-ethyl adjacent to an activating group) is 2. The first-order chi connectivity index (χ1) is 21.1. The second kappa shape index (κ2) is 12.9. The van der Waals surface area contributed by atoms with Crippen molar-refractivity contribution in [2.75, 3.05) is 39.8 Å².